The third-order valence-corrected chi connectivity index (χ3v) is 4.62. The number of carbonyl (C=O) groups excluding carboxylic acids is 1. The summed E-state index contributed by atoms with van der Waals surface area (Å²) < 4.78 is 44.9. The van der Waals surface area contributed by atoms with Crippen molar-refractivity contribution < 1.29 is 27.2 Å². The molecule has 2 aromatic carbocycles. The maximum absolute atomic E-state index is 12.8. The van der Waals surface area contributed by atoms with E-state index in [-0.39, 0.29) is 17.3 Å². The van der Waals surface area contributed by atoms with Crippen LogP contribution < -0.4 is 15.3 Å². The number of nitriles is 1. The smallest absolute Gasteiger partial charge is 0.308 e. The third-order valence-electron chi connectivity index (χ3n) is 4.62. The number of aromatic nitrogens is 4. The number of benzene rings is 2. The monoisotopic (exact) mass is 466 g/mol. The molecule has 0 saturated heterocycles. The van der Waals surface area contributed by atoms with Gasteiger partial charge in [-0.25, -0.2) is 14.8 Å². The number of carbonyl (C=O) groups is 1. The van der Waals surface area contributed by atoms with Gasteiger partial charge in [0.05, 0.1) is 5.56 Å². The number of hydrogen-bond acceptors (Lipinski definition) is 6. The molecule has 170 valence electrons. The van der Waals surface area contributed by atoms with E-state index in [2.05, 4.69) is 25.9 Å². The predicted molar refractivity (Wildman–Crippen MR) is 112 cm³/mol. The lowest BCUT2D eigenvalue weighted by molar-refractivity contribution is -0.754. The summed E-state index contributed by atoms with van der Waals surface area (Å²) >= 11 is 0. The lowest BCUT2D eigenvalue weighted by Gasteiger charge is -2.09. The largest absolute Gasteiger partial charge is 0.416 e. The highest BCUT2D eigenvalue weighted by Crippen LogP contribution is 2.30. The minimum atomic E-state index is -4.52. The van der Waals surface area contributed by atoms with Gasteiger partial charge in [-0.15, -0.1) is 0 Å². The normalized spacial score (nSPS) is 11.0. The molecule has 0 unspecified atom stereocenters. The molecular formula is C22H15F3N7O2+. The van der Waals surface area contributed by atoms with Crippen LogP contribution in [0.2, 0.25) is 0 Å². The minimum absolute atomic E-state index is 0.00110. The van der Waals surface area contributed by atoms with Gasteiger partial charge >= 0.3 is 18.1 Å². The molecule has 0 atom stereocenters. The van der Waals surface area contributed by atoms with Crippen molar-refractivity contribution in [2.24, 2.45) is 0 Å². The average Bonchev–Trinajstić information content (AvgIpc) is 3.25. The summed E-state index contributed by atoms with van der Waals surface area (Å²) in [4.78, 5) is 20.0. The highest BCUT2D eigenvalue weighted by atomic mass is 19.4. The lowest BCUT2D eigenvalue weighted by atomic mass is 10.0. The van der Waals surface area contributed by atoms with Crippen LogP contribution in [0.5, 0.6) is 0 Å². The number of alkyl halides is 3. The Labute approximate surface area is 190 Å². The molecule has 9 nitrogen and oxygen atoms in total. The first-order valence-electron chi connectivity index (χ1n) is 9.73. The van der Waals surface area contributed by atoms with E-state index in [0.29, 0.717) is 12.1 Å². The zero-order valence-corrected chi connectivity index (χ0v) is 17.2. The molecule has 0 spiro atoms. The number of amides is 2. The van der Waals surface area contributed by atoms with E-state index >= 15 is 0 Å². The Morgan fingerprint density at radius 2 is 1.94 bits per heavy atom. The summed E-state index contributed by atoms with van der Waals surface area (Å²) in [6.07, 6.45) is -0.216. The molecule has 2 heterocycles. The maximum Gasteiger partial charge on any atom is 0.416 e. The van der Waals surface area contributed by atoms with Crippen molar-refractivity contribution in [1.82, 2.24) is 15.2 Å². The van der Waals surface area contributed by atoms with Crippen molar-refractivity contribution in [1.29, 1.82) is 5.26 Å². The standard InChI is InChI=1S/C22H14F3N7O2/c23-22(24,25)16-2-1-3-17(8-16)29-21(33)30-20-12-32(31-34-20)11-14-4-6-15(7-5-14)18-10-27-13-28-19(18)9-26/h1-8,10,12-13H,11H2,(H-,29,30,31,33)/p+1. The molecule has 0 aliphatic rings. The Kier molecular flexibility index (Phi) is 6.18. The summed E-state index contributed by atoms with van der Waals surface area (Å²) in [6.45, 7) is 0.317. The molecule has 4 aromatic rings. The van der Waals surface area contributed by atoms with Crippen molar-refractivity contribution in [2.75, 3.05) is 10.6 Å². The number of rotatable bonds is 5. The van der Waals surface area contributed by atoms with Crippen LogP contribution in [0.15, 0.2) is 71.8 Å². The second-order valence-corrected chi connectivity index (χ2v) is 7.02. The number of nitrogens with one attached hydrogen (secondary N) is 2. The van der Waals surface area contributed by atoms with E-state index < -0.39 is 17.8 Å². The lowest BCUT2D eigenvalue weighted by Crippen LogP contribution is -2.35. The first kappa shape index (κ1) is 22.4. The highest BCUT2D eigenvalue weighted by Gasteiger charge is 2.30. The average molecular weight is 466 g/mol. The van der Waals surface area contributed by atoms with E-state index in [9.17, 15) is 23.2 Å². The number of hydrogen-bond donors (Lipinski definition) is 2. The topological polar surface area (TPSA) is 121 Å². The Morgan fingerprint density at radius 1 is 1.15 bits per heavy atom. The molecular weight excluding hydrogens is 451 g/mol. The fourth-order valence-electron chi connectivity index (χ4n) is 3.06. The van der Waals surface area contributed by atoms with Gasteiger partial charge in [-0.05, 0) is 28.4 Å². The Hall–Kier alpha value is -4.79. The molecule has 34 heavy (non-hydrogen) atoms. The number of anilines is 2. The van der Waals surface area contributed by atoms with Gasteiger partial charge in [-0.3, -0.25) is 9.84 Å². The van der Waals surface area contributed by atoms with Gasteiger partial charge < -0.3 is 5.32 Å². The summed E-state index contributed by atoms with van der Waals surface area (Å²) in [5.41, 5.74) is 1.62. The Bertz CT molecular complexity index is 1360. The van der Waals surface area contributed by atoms with E-state index in [1.807, 2.05) is 30.3 Å². The fourth-order valence-corrected chi connectivity index (χ4v) is 3.06. The van der Waals surface area contributed by atoms with E-state index in [4.69, 9.17) is 4.52 Å². The molecule has 0 radical (unpaired) electrons. The van der Waals surface area contributed by atoms with E-state index in [1.165, 1.54) is 29.3 Å². The van der Waals surface area contributed by atoms with Crippen LogP contribution in [0.1, 0.15) is 16.8 Å². The van der Waals surface area contributed by atoms with Crippen LogP contribution in [0.4, 0.5) is 29.5 Å². The van der Waals surface area contributed by atoms with Gasteiger partial charge in [0, 0.05) is 23.0 Å². The van der Waals surface area contributed by atoms with Crippen LogP contribution in [0.25, 0.3) is 11.1 Å². The zero-order chi connectivity index (χ0) is 24.1. The van der Waals surface area contributed by atoms with Crippen LogP contribution in [-0.4, -0.2) is 21.3 Å². The van der Waals surface area contributed by atoms with Gasteiger partial charge in [0.1, 0.15) is 12.4 Å². The van der Waals surface area contributed by atoms with Gasteiger partial charge in [0.15, 0.2) is 5.69 Å². The molecule has 2 N–H and O–H groups in total. The van der Waals surface area contributed by atoms with Crippen LogP contribution in [-0.2, 0) is 12.7 Å². The fraction of sp³-hybridized carbons (Fsp3) is 0.0909. The second kappa shape index (κ2) is 9.37. The number of halogens is 3. The molecule has 2 amide bonds. The van der Waals surface area contributed by atoms with Crippen molar-refractivity contribution in [2.45, 2.75) is 12.7 Å². The van der Waals surface area contributed by atoms with Crippen LogP contribution in [0, 0.1) is 11.3 Å². The van der Waals surface area contributed by atoms with E-state index in [1.54, 1.807) is 6.20 Å². The molecule has 0 aliphatic carbocycles. The summed E-state index contributed by atoms with van der Waals surface area (Å²) in [5.74, 6) is 0.00110. The van der Waals surface area contributed by atoms with Crippen LogP contribution in [0.3, 0.4) is 0 Å². The molecule has 0 fully saturated rings. The first-order valence-corrected chi connectivity index (χ1v) is 9.73. The van der Waals surface area contributed by atoms with Gasteiger partial charge in [-0.1, -0.05) is 30.3 Å². The van der Waals surface area contributed by atoms with Gasteiger partial charge in [0.25, 0.3) is 6.20 Å². The summed E-state index contributed by atoms with van der Waals surface area (Å²) in [7, 11) is 0. The maximum atomic E-state index is 12.8. The summed E-state index contributed by atoms with van der Waals surface area (Å²) in [6, 6.07) is 12.8. The zero-order valence-electron chi connectivity index (χ0n) is 17.2. The van der Waals surface area contributed by atoms with Crippen molar-refractivity contribution >= 4 is 17.6 Å². The van der Waals surface area contributed by atoms with Crippen molar-refractivity contribution in [3.8, 4) is 17.2 Å². The Balaban J connectivity index is 1.37. The summed E-state index contributed by atoms with van der Waals surface area (Å²) in [5, 5.41) is 17.7. The first-order chi connectivity index (χ1) is 16.3. The highest BCUT2D eigenvalue weighted by molar-refractivity contribution is 5.98. The Morgan fingerprint density at radius 3 is 2.68 bits per heavy atom. The van der Waals surface area contributed by atoms with Crippen molar-refractivity contribution in [3.63, 3.8) is 0 Å². The molecule has 0 saturated carbocycles. The van der Waals surface area contributed by atoms with Gasteiger partial charge in [0.2, 0.25) is 11.8 Å². The predicted octanol–water partition coefficient (Wildman–Crippen LogP) is 4.00. The number of urea groups is 1. The molecule has 0 bridgehead atoms. The SMILES string of the molecule is N#Cc1ncncc1-c1ccc(C[n+]2cc(NC(=O)Nc3cccc(C(F)(F)F)c3)on2)cc1. The second-order valence-electron chi connectivity index (χ2n) is 7.02. The molecule has 12 heteroatoms. The molecule has 4 rings (SSSR count). The van der Waals surface area contributed by atoms with Crippen molar-refractivity contribution in [3.05, 3.63) is 84.1 Å². The third kappa shape index (κ3) is 5.33. The number of nitrogens with zero attached hydrogens (tertiary/aromatic N) is 5. The van der Waals surface area contributed by atoms with E-state index in [0.717, 1.165) is 23.3 Å². The molecule has 0 aliphatic heterocycles. The molecule has 2 aromatic heterocycles. The van der Waals surface area contributed by atoms with Gasteiger partial charge in [-0.2, -0.15) is 18.4 Å². The minimum Gasteiger partial charge on any atom is -0.308 e. The quantitative estimate of drug-likeness (QED) is 0.429. The van der Waals surface area contributed by atoms with Crippen LogP contribution >= 0.6 is 0 Å².